The molecule has 0 saturated heterocycles. The van der Waals surface area contributed by atoms with Crippen LogP contribution < -0.4 is 0 Å². The smallest absolute Gasteiger partial charge is 0.0762 e. The summed E-state index contributed by atoms with van der Waals surface area (Å²) in [6, 6.07) is 20.5. The van der Waals surface area contributed by atoms with Crippen molar-refractivity contribution in [1.29, 1.82) is 0 Å². The zero-order valence-electron chi connectivity index (χ0n) is 10.8. The van der Waals surface area contributed by atoms with Crippen LogP contribution in [0.2, 0.25) is 0 Å². The molecule has 0 atom stereocenters. The Morgan fingerprint density at radius 1 is 0.850 bits per heavy atom. The van der Waals surface area contributed by atoms with Crippen molar-refractivity contribution in [2.75, 3.05) is 0 Å². The molecular formula is C17H13N3. The Hall–Kier alpha value is -2.81. The monoisotopic (exact) mass is 259 g/mol. The third-order valence-electron chi connectivity index (χ3n) is 3.51. The molecule has 0 amide bonds. The molecule has 2 aromatic carbocycles. The van der Waals surface area contributed by atoms with Crippen LogP contribution in [0.15, 0.2) is 73.1 Å². The fourth-order valence-corrected chi connectivity index (χ4v) is 2.57. The fraction of sp³-hybridized carbons (Fsp3) is 0. The van der Waals surface area contributed by atoms with Gasteiger partial charge in [0.1, 0.15) is 0 Å². The van der Waals surface area contributed by atoms with Gasteiger partial charge in [-0.1, -0.05) is 36.4 Å². The maximum Gasteiger partial charge on any atom is 0.0762 e. The van der Waals surface area contributed by atoms with Gasteiger partial charge in [0.05, 0.1) is 17.6 Å². The van der Waals surface area contributed by atoms with E-state index in [0.717, 1.165) is 16.9 Å². The minimum atomic E-state index is 1.07. The molecule has 0 aliphatic rings. The first-order valence-electron chi connectivity index (χ1n) is 6.59. The molecule has 0 fully saturated rings. The van der Waals surface area contributed by atoms with E-state index in [0.29, 0.717) is 0 Å². The van der Waals surface area contributed by atoms with Gasteiger partial charge in [-0.05, 0) is 24.3 Å². The first-order chi connectivity index (χ1) is 9.93. The fourth-order valence-electron chi connectivity index (χ4n) is 2.57. The Balaban J connectivity index is 1.94. The summed E-state index contributed by atoms with van der Waals surface area (Å²) < 4.78 is 1.97. The molecule has 0 unspecified atom stereocenters. The van der Waals surface area contributed by atoms with Crippen LogP contribution in [0.3, 0.4) is 0 Å². The van der Waals surface area contributed by atoms with Crippen LogP contribution in [0.25, 0.3) is 27.8 Å². The van der Waals surface area contributed by atoms with Crippen molar-refractivity contribution in [3.8, 4) is 16.9 Å². The minimum Gasteiger partial charge on any atom is -0.360 e. The molecule has 0 bridgehead atoms. The van der Waals surface area contributed by atoms with Gasteiger partial charge in [0, 0.05) is 22.7 Å². The van der Waals surface area contributed by atoms with E-state index in [9.17, 15) is 0 Å². The van der Waals surface area contributed by atoms with Crippen molar-refractivity contribution in [2.24, 2.45) is 0 Å². The number of hydrogen-bond donors (Lipinski definition) is 1. The Morgan fingerprint density at radius 3 is 2.55 bits per heavy atom. The Kier molecular flexibility index (Phi) is 2.42. The molecule has 2 aromatic heterocycles. The number of fused-ring (bicyclic) bond motifs is 1. The van der Waals surface area contributed by atoms with E-state index in [-0.39, 0.29) is 0 Å². The lowest BCUT2D eigenvalue weighted by Gasteiger charge is -2.06. The number of aromatic nitrogens is 3. The van der Waals surface area contributed by atoms with Gasteiger partial charge in [0.25, 0.3) is 0 Å². The topological polar surface area (TPSA) is 33.6 Å². The summed E-state index contributed by atoms with van der Waals surface area (Å²) in [5.41, 5.74) is 4.47. The standard InChI is InChI=1S/C17H13N3/c1-2-6-13(7-3-1)20-17(10-11-19-20)15-12-18-16-9-5-4-8-14(15)16/h1-12,18H. The highest BCUT2D eigenvalue weighted by Gasteiger charge is 2.11. The molecule has 0 radical (unpaired) electrons. The zero-order chi connectivity index (χ0) is 13.4. The van der Waals surface area contributed by atoms with Gasteiger partial charge in [0.15, 0.2) is 0 Å². The number of para-hydroxylation sites is 2. The van der Waals surface area contributed by atoms with E-state index in [1.165, 1.54) is 10.9 Å². The molecule has 2 heterocycles. The quantitative estimate of drug-likeness (QED) is 0.579. The third kappa shape index (κ3) is 1.64. The van der Waals surface area contributed by atoms with Crippen molar-refractivity contribution >= 4 is 10.9 Å². The molecule has 0 spiro atoms. The van der Waals surface area contributed by atoms with Crippen LogP contribution in [0, 0.1) is 0 Å². The maximum atomic E-state index is 4.45. The van der Waals surface area contributed by atoms with Crippen LogP contribution in [0.4, 0.5) is 0 Å². The lowest BCUT2D eigenvalue weighted by atomic mass is 10.1. The summed E-state index contributed by atoms with van der Waals surface area (Å²) in [4.78, 5) is 3.31. The van der Waals surface area contributed by atoms with Crippen LogP contribution in [0.1, 0.15) is 0 Å². The molecule has 3 nitrogen and oxygen atoms in total. The molecule has 96 valence electrons. The first-order valence-corrected chi connectivity index (χ1v) is 6.59. The van der Waals surface area contributed by atoms with Crippen molar-refractivity contribution in [3.05, 3.63) is 73.1 Å². The van der Waals surface area contributed by atoms with Crippen molar-refractivity contribution in [2.45, 2.75) is 0 Å². The second-order valence-corrected chi connectivity index (χ2v) is 4.71. The molecule has 4 aromatic rings. The highest BCUT2D eigenvalue weighted by molar-refractivity contribution is 5.94. The van der Waals surface area contributed by atoms with Crippen LogP contribution in [0.5, 0.6) is 0 Å². The second-order valence-electron chi connectivity index (χ2n) is 4.71. The number of hydrogen-bond acceptors (Lipinski definition) is 1. The molecule has 3 heteroatoms. The number of nitrogens with zero attached hydrogens (tertiary/aromatic N) is 2. The van der Waals surface area contributed by atoms with E-state index in [4.69, 9.17) is 0 Å². The molecule has 0 saturated carbocycles. The van der Waals surface area contributed by atoms with Gasteiger partial charge in [-0.15, -0.1) is 0 Å². The van der Waals surface area contributed by atoms with E-state index >= 15 is 0 Å². The van der Waals surface area contributed by atoms with E-state index in [1.807, 2.05) is 47.4 Å². The number of nitrogens with one attached hydrogen (secondary N) is 1. The van der Waals surface area contributed by atoms with Gasteiger partial charge < -0.3 is 4.98 Å². The lowest BCUT2D eigenvalue weighted by molar-refractivity contribution is 0.889. The van der Waals surface area contributed by atoms with E-state index in [2.05, 4.69) is 40.4 Å². The summed E-state index contributed by atoms with van der Waals surface area (Å²) in [6.07, 6.45) is 3.88. The largest absolute Gasteiger partial charge is 0.360 e. The molecule has 0 aliphatic carbocycles. The van der Waals surface area contributed by atoms with Crippen LogP contribution in [-0.4, -0.2) is 14.8 Å². The Morgan fingerprint density at radius 2 is 1.65 bits per heavy atom. The number of rotatable bonds is 2. The molecule has 20 heavy (non-hydrogen) atoms. The first kappa shape index (κ1) is 11.1. The normalized spacial score (nSPS) is 11.0. The van der Waals surface area contributed by atoms with Crippen LogP contribution in [-0.2, 0) is 0 Å². The van der Waals surface area contributed by atoms with Gasteiger partial charge in [-0.25, -0.2) is 4.68 Å². The summed E-state index contributed by atoms with van der Waals surface area (Å²) in [5.74, 6) is 0. The van der Waals surface area contributed by atoms with Crippen LogP contribution >= 0.6 is 0 Å². The summed E-state index contributed by atoms with van der Waals surface area (Å²) in [5, 5.41) is 5.67. The summed E-state index contributed by atoms with van der Waals surface area (Å²) >= 11 is 0. The van der Waals surface area contributed by atoms with Gasteiger partial charge >= 0.3 is 0 Å². The lowest BCUT2D eigenvalue weighted by Crippen LogP contribution is -1.97. The summed E-state index contributed by atoms with van der Waals surface area (Å²) in [7, 11) is 0. The average Bonchev–Trinajstić information content (AvgIpc) is 3.14. The third-order valence-corrected chi connectivity index (χ3v) is 3.51. The molecule has 0 aliphatic heterocycles. The Bertz CT molecular complexity index is 856. The van der Waals surface area contributed by atoms with Crippen molar-refractivity contribution in [1.82, 2.24) is 14.8 Å². The second kappa shape index (κ2) is 4.38. The molecule has 1 N–H and O–H groups in total. The maximum absolute atomic E-state index is 4.45. The van der Waals surface area contributed by atoms with Crippen molar-refractivity contribution in [3.63, 3.8) is 0 Å². The number of benzene rings is 2. The van der Waals surface area contributed by atoms with E-state index in [1.54, 1.807) is 0 Å². The predicted molar refractivity (Wildman–Crippen MR) is 80.9 cm³/mol. The van der Waals surface area contributed by atoms with E-state index < -0.39 is 0 Å². The molecular weight excluding hydrogens is 246 g/mol. The highest BCUT2D eigenvalue weighted by atomic mass is 15.3. The predicted octanol–water partition coefficient (Wildman–Crippen LogP) is 4.02. The summed E-state index contributed by atoms with van der Waals surface area (Å²) in [6.45, 7) is 0. The molecule has 4 rings (SSSR count). The van der Waals surface area contributed by atoms with Gasteiger partial charge in [0.2, 0.25) is 0 Å². The van der Waals surface area contributed by atoms with Crippen molar-refractivity contribution < 1.29 is 0 Å². The minimum absolute atomic E-state index is 1.07. The average molecular weight is 259 g/mol. The Labute approximate surface area is 116 Å². The van der Waals surface area contributed by atoms with Gasteiger partial charge in [-0.3, -0.25) is 0 Å². The SMILES string of the molecule is c1ccc(-n2nccc2-c2c[nH]c3ccccc23)cc1. The zero-order valence-corrected chi connectivity index (χ0v) is 10.8. The number of aromatic amines is 1. The highest BCUT2D eigenvalue weighted by Crippen LogP contribution is 2.29. The van der Waals surface area contributed by atoms with Gasteiger partial charge in [-0.2, -0.15) is 5.10 Å². The number of H-pyrrole nitrogens is 1.